The summed E-state index contributed by atoms with van der Waals surface area (Å²) in [5.41, 5.74) is 0. The van der Waals surface area contributed by atoms with Gasteiger partial charge in [-0.3, -0.25) is 0 Å². The fourth-order valence-corrected chi connectivity index (χ4v) is 1.64. The number of phosphoric acid groups is 1. The van der Waals surface area contributed by atoms with E-state index in [0.29, 0.717) is 13.2 Å². The average Bonchev–Trinajstić information content (AvgIpc) is 2.29. The quantitative estimate of drug-likeness (QED) is 0.294. The molecule has 0 amide bonds. The number of rotatable bonds is 11. The van der Waals surface area contributed by atoms with Gasteiger partial charge in [-0.1, -0.05) is 51.4 Å². The summed E-state index contributed by atoms with van der Waals surface area (Å²) in [7, 11) is -4.64. The third kappa shape index (κ3) is 38.1. The van der Waals surface area contributed by atoms with Gasteiger partial charge >= 0.3 is 7.82 Å². The first-order valence-corrected chi connectivity index (χ1v) is 8.48. The summed E-state index contributed by atoms with van der Waals surface area (Å²) in [5, 5.41) is 17.1. The zero-order valence-corrected chi connectivity index (χ0v) is 12.5. The van der Waals surface area contributed by atoms with E-state index >= 15 is 0 Å². The monoisotopic (exact) mass is 300 g/mol. The van der Waals surface area contributed by atoms with E-state index in [1.807, 2.05) is 0 Å². The summed E-state index contributed by atoms with van der Waals surface area (Å²) in [6.07, 6.45) is 12.2. The maximum atomic E-state index is 8.88. The summed E-state index contributed by atoms with van der Waals surface area (Å²) in [5.74, 6) is 0. The highest BCUT2D eigenvalue weighted by molar-refractivity contribution is 7.45. The molecule has 118 valence electrons. The lowest BCUT2D eigenvalue weighted by Gasteiger charge is -2.01. The van der Waals surface area contributed by atoms with Gasteiger partial charge in [0.2, 0.25) is 0 Å². The Morgan fingerprint density at radius 1 is 0.526 bits per heavy atom. The molecule has 0 atom stereocenters. The van der Waals surface area contributed by atoms with Crippen molar-refractivity contribution in [1.29, 1.82) is 0 Å². The van der Waals surface area contributed by atoms with Crippen LogP contribution in [0.5, 0.6) is 0 Å². The number of aliphatic hydroxyl groups excluding tert-OH is 2. The fourth-order valence-electron chi connectivity index (χ4n) is 1.64. The summed E-state index contributed by atoms with van der Waals surface area (Å²) >= 11 is 0. The molecule has 0 unspecified atom stereocenters. The lowest BCUT2D eigenvalue weighted by Crippen LogP contribution is -1.85. The van der Waals surface area contributed by atoms with Crippen LogP contribution in [0.3, 0.4) is 0 Å². The molecule has 19 heavy (non-hydrogen) atoms. The Bertz CT molecular complexity index is 186. The van der Waals surface area contributed by atoms with Crippen molar-refractivity contribution in [3.63, 3.8) is 0 Å². The molecule has 0 saturated heterocycles. The summed E-state index contributed by atoms with van der Waals surface area (Å²) in [6, 6.07) is 0. The molecule has 6 nitrogen and oxygen atoms in total. The Balaban J connectivity index is 0. The highest BCUT2D eigenvalue weighted by Gasteiger charge is 2.00. The molecule has 0 aliphatic carbocycles. The highest BCUT2D eigenvalue weighted by Crippen LogP contribution is 2.25. The molecule has 0 aliphatic rings. The van der Waals surface area contributed by atoms with Crippen LogP contribution in [0.15, 0.2) is 0 Å². The second kappa shape index (κ2) is 16.1. The van der Waals surface area contributed by atoms with Gasteiger partial charge in [-0.2, -0.15) is 0 Å². The molecule has 5 N–H and O–H groups in total. The van der Waals surface area contributed by atoms with Gasteiger partial charge < -0.3 is 24.9 Å². The molecule has 0 rings (SSSR count). The van der Waals surface area contributed by atoms with Gasteiger partial charge in [0.25, 0.3) is 0 Å². The molecule has 0 saturated carbocycles. The fraction of sp³-hybridized carbons (Fsp3) is 1.00. The van der Waals surface area contributed by atoms with E-state index in [1.54, 1.807) is 0 Å². The normalized spacial score (nSPS) is 11.0. The highest BCUT2D eigenvalue weighted by atomic mass is 31.2. The number of hydrogen-bond acceptors (Lipinski definition) is 3. The molecular weight excluding hydrogens is 271 g/mol. The van der Waals surface area contributed by atoms with Crippen molar-refractivity contribution in [1.82, 2.24) is 0 Å². The zero-order chi connectivity index (χ0) is 15.0. The van der Waals surface area contributed by atoms with Crippen molar-refractivity contribution < 1.29 is 29.5 Å². The van der Waals surface area contributed by atoms with Crippen LogP contribution in [0.25, 0.3) is 0 Å². The molecule has 0 aromatic rings. The van der Waals surface area contributed by atoms with Crippen molar-refractivity contribution >= 4 is 7.82 Å². The molecule has 0 bridgehead atoms. The van der Waals surface area contributed by atoms with Crippen molar-refractivity contribution in [2.75, 3.05) is 13.2 Å². The molecule has 0 spiro atoms. The van der Waals surface area contributed by atoms with Crippen molar-refractivity contribution in [3.05, 3.63) is 0 Å². The van der Waals surface area contributed by atoms with Gasteiger partial charge in [-0.25, -0.2) is 4.57 Å². The van der Waals surface area contributed by atoms with Crippen LogP contribution in [0.1, 0.15) is 64.2 Å². The summed E-state index contributed by atoms with van der Waals surface area (Å²) in [4.78, 5) is 21.6. The molecule has 0 fully saturated rings. The predicted molar refractivity (Wildman–Crippen MR) is 74.6 cm³/mol. The van der Waals surface area contributed by atoms with Crippen molar-refractivity contribution in [2.45, 2.75) is 64.2 Å². The van der Waals surface area contributed by atoms with E-state index in [0.717, 1.165) is 12.8 Å². The van der Waals surface area contributed by atoms with Crippen molar-refractivity contribution in [2.24, 2.45) is 0 Å². The first-order valence-electron chi connectivity index (χ1n) is 6.92. The topological polar surface area (TPSA) is 118 Å². The molecule has 0 aliphatic heterocycles. The Morgan fingerprint density at radius 3 is 0.842 bits per heavy atom. The van der Waals surface area contributed by atoms with Crippen LogP contribution in [0.4, 0.5) is 0 Å². The lowest BCUT2D eigenvalue weighted by molar-refractivity contribution is 0.275. The van der Waals surface area contributed by atoms with Crippen LogP contribution < -0.4 is 0 Å². The van der Waals surface area contributed by atoms with Gasteiger partial charge in [0, 0.05) is 13.2 Å². The Hall–Kier alpha value is 0.0300. The van der Waals surface area contributed by atoms with Gasteiger partial charge in [0.15, 0.2) is 0 Å². The third-order valence-electron chi connectivity index (χ3n) is 2.57. The number of unbranched alkanes of at least 4 members (excludes halogenated alkanes) is 9. The largest absolute Gasteiger partial charge is 0.466 e. The minimum Gasteiger partial charge on any atom is -0.396 e. The van der Waals surface area contributed by atoms with E-state index in [2.05, 4.69) is 0 Å². The second-order valence-corrected chi connectivity index (χ2v) is 5.52. The van der Waals surface area contributed by atoms with Gasteiger partial charge in [-0.15, -0.1) is 0 Å². The minimum atomic E-state index is -4.64. The Labute approximate surface area is 115 Å². The van der Waals surface area contributed by atoms with E-state index in [9.17, 15) is 0 Å². The standard InChI is InChI=1S/C12H26O2.H3O4P/c13-11-9-7-5-3-1-2-4-6-8-10-12-14;1-5(2,3)4/h13-14H,1-12H2;(H3,1,2,3,4). The number of aliphatic hydroxyl groups is 2. The van der Waals surface area contributed by atoms with E-state index < -0.39 is 7.82 Å². The third-order valence-corrected chi connectivity index (χ3v) is 2.57. The smallest absolute Gasteiger partial charge is 0.396 e. The zero-order valence-electron chi connectivity index (χ0n) is 11.6. The van der Waals surface area contributed by atoms with Crippen LogP contribution in [-0.4, -0.2) is 38.1 Å². The first-order chi connectivity index (χ1) is 8.91. The molecule has 0 aromatic heterocycles. The second-order valence-electron chi connectivity index (χ2n) is 4.50. The Morgan fingerprint density at radius 2 is 0.684 bits per heavy atom. The van der Waals surface area contributed by atoms with Crippen LogP contribution in [0.2, 0.25) is 0 Å². The molecular formula is C12H29O6P. The number of hydrogen-bond donors (Lipinski definition) is 5. The maximum absolute atomic E-state index is 8.88. The van der Waals surface area contributed by atoms with Gasteiger partial charge in [0.05, 0.1) is 0 Å². The summed E-state index contributed by atoms with van der Waals surface area (Å²) in [6.45, 7) is 0.697. The van der Waals surface area contributed by atoms with E-state index in [1.165, 1.54) is 51.4 Å². The van der Waals surface area contributed by atoms with E-state index in [-0.39, 0.29) is 0 Å². The van der Waals surface area contributed by atoms with Crippen molar-refractivity contribution in [3.8, 4) is 0 Å². The first kappa shape index (κ1) is 21.3. The van der Waals surface area contributed by atoms with Gasteiger partial charge in [0.1, 0.15) is 0 Å². The van der Waals surface area contributed by atoms with Crippen LogP contribution >= 0.6 is 7.82 Å². The summed E-state index contributed by atoms with van der Waals surface area (Å²) < 4.78 is 8.88. The maximum Gasteiger partial charge on any atom is 0.466 e. The Kier molecular flexibility index (Phi) is 18.1. The molecule has 0 aromatic carbocycles. The van der Waals surface area contributed by atoms with Crippen LogP contribution in [0, 0.1) is 0 Å². The predicted octanol–water partition coefficient (Wildman–Crippen LogP) is 1.94. The van der Waals surface area contributed by atoms with Gasteiger partial charge in [-0.05, 0) is 12.8 Å². The average molecular weight is 300 g/mol. The van der Waals surface area contributed by atoms with Crippen LogP contribution in [-0.2, 0) is 4.57 Å². The molecule has 0 heterocycles. The molecule has 7 heteroatoms. The minimum absolute atomic E-state index is 0.348. The van der Waals surface area contributed by atoms with E-state index in [4.69, 9.17) is 29.5 Å². The lowest BCUT2D eigenvalue weighted by atomic mass is 10.1. The molecule has 0 radical (unpaired) electrons. The SMILES string of the molecule is O=P(O)(O)O.OCCCCCCCCCCCCO.